The van der Waals surface area contributed by atoms with E-state index < -0.39 is 18.1 Å². The van der Waals surface area contributed by atoms with Gasteiger partial charge in [-0.15, -0.1) is 0 Å². The first-order chi connectivity index (χ1) is 31.0. The summed E-state index contributed by atoms with van der Waals surface area (Å²) in [6.07, 6.45) is 6.40. The summed E-state index contributed by atoms with van der Waals surface area (Å²) in [5.74, 6) is 1.04. The molecule has 1 N–H and O–H groups in total. The number of carbonyl (C=O) groups is 2. The Labute approximate surface area is 390 Å². The summed E-state index contributed by atoms with van der Waals surface area (Å²) in [7, 11) is 1.33. The van der Waals surface area contributed by atoms with E-state index >= 15 is 0 Å². The fraction of sp³-hybridized carbons (Fsp3) is 0.308. The fourth-order valence-corrected chi connectivity index (χ4v) is 9.41. The van der Waals surface area contributed by atoms with E-state index in [0.29, 0.717) is 41.2 Å². The Hall–Kier alpha value is -5.45. The Bertz CT molecular complexity index is 2640. The molecule has 0 radical (unpaired) electrons. The Balaban J connectivity index is 1.00. The highest BCUT2D eigenvalue weighted by Gasteiger charge is 2.36. The minimum atomic E-state index is -0.965. The van der Waals surface area contributed by atoms with Crippen LogP contribution in [-0.2, 0) is 46.7 Å². The third kappa shape index (κ3) is 10.2. The first-order valence-electron chi connectivity index (χ1n) is 21.7. The largest absolute Gasteiger partial charge is 0.493 e. The molecule has 2 aromatic heterocycles. The van der Waals surface area contributed by atoms with Gasteiger partial charge < -0.3 is 19.5 Å². The first-order valence-corrected chi connectivity index (χ1v) is 22.8. The molecule has 330 valence electrons. The van der Waals surface area contributed by atoms with Crippen LogP contribution in [0.5, 0.6) is 11.5 Å². The lowest BCUT2D eigenvalue weighted by Gasteiger charge is -2.37. The number of nitrogens with one attached hydrogen (secondary N) is 1. The maximum absolute atomic E-state index is 14.5. The first kappa shape index (κ1) is 45.1. The van der Waals surface area contributed by atoms with Crippen molar-refractivity contribution < 1.29 is 23.8 Å². The Kier molecular flexibility index (Phi) is 14.2. The van der Waals surface area contributed by atoms with Crippen molar-refractivity contribution in [1.82, 2.24) is 20.2 Å². The van der Waals surface area contributed by atoms with Crippen molar-refractivity contribution in [3.63, 3.8) is 0 Å². The quantitative estimate of drug-likeness (QED) is 0.114. The van der Waals surface area contributed by atoms with Gasteiger partial charge in [0.05, 0.1) is 35.5 Å². The van der Waals surface area contributed by atoms with Gasteiger partial charge in [-0.3, -0.25) is 19.7 Å². The van der Waals surface area contributed by atoms with Crippen molar-refractivity contribution in [3.8, 4) is 22.6 Å². The Morgan fingerprint density at radius 2 is 1.69 bits per heavy atom. The molecule has 4 heterocycles. The topological polar surface area (TPSA) is 103 Å². The highest BCUT2D eigenvalue weighted by molar-refractivity contribution is 6.42. The fourth-order valence-electron chi connectivity index (χ4n) is 8.84. The molecule has 2 aliphatic rings. The molecule has 0 fully saturated rings. The van der Waals surface area contributed by atoms with Crippen LogP contribution in [0.1, 0.15) is 82.1 Å². The zero-order chi connectivity index (χ0) is 44.9. The average Bonchev–Trinajstić information content (AvgIpc) is 3.51. The number of methoxy groups -OCH3 is 1. The van der Waals surface area contributed by atoms with E-state index in [1.165, 1.54) is 12.7 Å². The number of nitrogens with zero attached hydrogens (tertiary/aromatic N) is 3. The van der Waals surface area contributed by atoms with E-state index in [-0.39, 0.29) is 24.3 Å². The summed E-state index contributed by atoms with van der Waals surface area (Å²) in [5, 5.41) is 4.58. The summed E-state index contributed by atoms with van der Waals surface area (Å²) in [5.41, 5.74) is 11.1. The number of esters is 1. The number of hydrogen-bond donors (Lipinski definition) is 1. The molecular formula is C52H51Cl3N4O5. The van der Waals surface area contributed by atoms with Crippen molar-refractivity contribution in [1.29, 1.82) is 0 Å². The maximum atomic E-state index is 14.5. The molecule has 1 amide bonds. The number of pyridine rings is 2. The van der Waals surface area contributed by atoms with Crippen LogP contribution >= 0.6 is 34.8 Å². The monoisotopic (exact) mass is 916 g/mol. The van der Waals surface area contributed by atoms with Crippen molar-refractivity contribution in [3.05, 3.63) is 175 Å². The number of fused-ring (bicyclic) bond motifs is 2. The number of amides is 1. The molecule has 0 saturated heterocycles. The molecule has 0 spiro atoms. The Morgan fingerprint density at radius 1 is 0.859 bits per heavy atom. The zero-order valence-electron chi connectivity index (χ0n) is 36.4. The molecule has 0 aliphatic carbocycles. The molecule has 2 unspecified atom stereocenters. The van der Waals surface area contributed by atoms with Crippen molar-refractivity contribution in [2.24, 2.45) is 0 Å². The van der Waals surface area contributed by atoms with Crippen LogP contribution in [0.3, 0.4) is 0 Å². The zero-order valence-corrected chi connectivity index (χ0v) is 38.6. The minimum absolute atomic E-state index is 0.155. The van der Waals surface area contributed by atoms with Crippen molar-refractivity contribution >= 4 is 46.7 Å². The molecule has 2 aliphatic heterocycles. The standard InChI is InChI=1S/C52H51Cl3N4O5/c1-5-49(37-13-16-44(53)46(55)25-37)64-42-14-11-33(12-15-42)34-18-21-63-50-28-38-27-48(59(29-40(38)23-39(50)22-34)30-41-8-6-7-19-57-41)51(60)58-47(52(61)62-4)26-36-10-9-35(24-45(36)54)43-17-20-56-32(3)31(43)2/h6-17,19-20,23-25,28,34,47-49H,5,18,21-22,26-27,29-30H2,1-4H3,(H,58,60)/t34?,47-,48-,49?/m0/s1. The molecule has 12 heteroatoms. The molecule has 64 heavy (non-hydrogen) atoms. The Morgan fingerprint density at radius 3 is 2.42 bits per heavy atom. The third-order valence-electron chi connectivity index (χ3n) is 12.6. The van der Waals surface area contributed by atoms with E-state index in [9.17, 15) is 9.59 Å². The normalized spacial score (nSPS) is 16.9. The van der Waals surface area contributed by atoms with Crippen LogP contribution in [0.25, 0.3) is 11.1 Å². The minimum Gasteiger partial charge on any atom is -0.493 e. The van der Waals surface area contributed by atoms with Crippen LogP contribution in [0, 0.1) is 13.8 Å². The third-order valence-corrected chi connectivity index (χ3v) is 13.6. The number of aromatic nitrogens is 2. The van der Waals surface area contributed by atoms with Crippen LogP contribution < -0.4 is 14.8 Å². The molecular weight excluding hydrogens is 867 g/mol. The van der Waals surface area contributed by atoms with E-state index in [1.54, 1.807) is 18.5 Å². The molecule has 8 rings (SSSR count). The summed E-state index contributed by atoms with van der Waals surface area (Å²) in [6, 6.07) is 30.3. The van der Waals surface area contributed by atoms with Gasteiger partial charge in [0.25, 0.3) is 0 Å². The number of carbonyl (C=O) groups excluding carboxylic acids is 2. The highest BCUT2D eigenvalue weighted by atomic mass is 35.5. The van der Waals surface area contributed by atoms with E-state index in [0.717, 1.165) is 86.7 Å². The second kappa shape index (κ2) is 20.2. The summed E-state index contributed by atoms with van der Waals surface area (Å²) in [6.45, 7) is 7.60. The van der Waals surface area contributed by atoms with Crippen molar-refractivity contribution in [2.75, 3.05) is 13.7 Å². The van der Waals surface area contributed by atoms with Gasteiger partial charge in [-0.2, -0.15) is 0 Å². The lowest BCUT2D eigenvalue weighted by atomic mass is 9.86. The molecule has 9 nitrogen and oxygen atoms in total. The molecule has 0 saturated carbocycles. The van der Waals surface area contributed by atoms with E-state index in [1.807, 2.05) is 80.6 Å². The van der Waals surface area contributed by atoms with E-state index in [2.05, 4.69) is 51.4 Å². The number of ether oxygens (including phenoxy) is 3. The van der Waals surface area contributed by atoms with Crippen LogP contribution in [0.2, 0.25) is 15.1 Å². The predicted molar refractivity (Wildman–Crippen MR) is 252 cm³/mol. The smallest absolute Gasteiger partial charge is 0.328 e. The SMILES string of the molecule is CCC(Oc1ccc(C2CCOc3cc4c(cc3C2)CN(Cc2ccccn2)[C@H](C(=O)N[C@@H](Cc2ccc(-c3ccnc(C)c3C)cc2Cl)C(=O)OC)C4)cc1)c1ccc(Cl)c(Cl)c1. The molecule has 4 aromatic carbocycles. The van der Waals surface area contributed by atoms with Crippen LogP contribution in [0.15, 0.2) is 109 Å². The van der Waals surface area contributed by atoms with Gasteiger partial charge in [-0.05, 0) is 150 Å². The second-order valence-corrected chi connectivity index (χ2v) is 17.9. The van der Waals surface area contributed by atoms with Gasteiger partial charge in [0.1, 0.15) is 23.6 Å². The lowest BCUT2D eigenvalue weighted by molar-refractivity contribution is -0.146. The molecule has 4 atom stereocenters. The molecule has 6 aromatic rings. The maximum Gasteiger partial charge on any atom is 0.328 e. The lowest BCUT2D eigenvalue weighted by Crippen LogP contribution is -2.54. The number of benzene rings is 4. The highest BCUT2D eigenvalue weighted by Crippen LogP contribution is 2.39. The average molecular weight is 918 g/mol. The van der Waals surface area contributed by atoms with Gasteiger partial charge in [-0.1, -0.05) is 84.2 Å². The number of hydrogen-bond acceptors (Lipinski definition) is 8. The summed E-state index contributed by atoms with van der Waals surface area (Å²) < 4.78 is 18.1. The van der Waals surface area contributed by atoms with Gasteiger partial charge in [0.2, 0.25) is 5.91 Å². The number of aryl methyl sites for hydroxylation is 1. The van der Waals surface area contributed by atoms with Gasteiger partial charge in [0.15, 0.2) is 0 Å². The van der Waals surface area contributed by atoms with Gasteiger partial charge in [0, 0.05) is 42.6 Å². The number of rotatable bonds is 13. The second-order valence-electron chi connectivity index (χ2n) is 16.6. The van der Waals surface area contributed by atoms with Gasteiger partial charge >= 0.3 is 5.97 Å². The van der Waals surface area contributed by atoms with Crippen LogP contribution in [0.4, 0.5) is 0 Å². The van der Waals surface area contributed by atoms with Crippen LogP contribution in [-0.4, -0.2) is 52.5 Å². The predicted octanol–water partition coefficient (Wildman–Crippen LogP) is 11.2. The van der Waals surface area contributed by atoms with E-state index in [4.69, 9.17) is 49.0 Å². The summed E-state index contributed by atoms with van der Waals surface area (Å²) >= 11 is 19.3. The van der Waals surface area contributed by atoms with Gasteiger partial charge in [-0.25, -0.2) is 4.79 Å². The number of halogens is 3. The summed E-state index contributed by atoms with van der Waals surface area (Å²) in [4.78, 5) is 38.9. The molecule has 0 bridgehead atoms. The van der Waals surface area contributed by atoms with Crippen molar-refractivity contribution in [2.45, 2.75) is 90.1 Å².